The number of rotatable bonds is 3. The van der Waals surface area contributed by atoms with Gasteiger partial charge in [0.25, 0.3) is 10.0 Å². The van der Waals surface area contributed by atoms with Gasteiger partial charge in [-0.25, -0.2) is 13.2 Å². The summed E-state index contributed by atoms with van der Waals surface area (Å²) in [6.45, 7) is 1.63. The number of aromatic nitrogens is 2. The summed E-state index contributed by atoms with van der Waals surface area (Å²) < 4.78 is 38.0. The van der Waals surface area contributed by atoms with Crippen molar-refractivity contribution in [2.75, 3.05) is 4.72 Å². The molecule has 22 heavy (non-hydrogen) atoms. The number of anilines is 1. The van der Waals surface area contributed by atoms with Crippen LogP contribution in [0.25, 0.3) is 11.1 Å². The molecule has 0 aliphatic heterocycles. The van der Waals surface area contributed by atoms with Gasteiger partial charge in [-0.05, 0) is 13.0 Å². The molecule has 0 unspecified atom stereocenters. The molecule has 0 aliphatic carbocycles. The molecule has 116 valence electrons. The Balaban J connectivity index is 2.12. The number of oxazole rings is 1. The molecule has 0 atom stereocenters. The molecule has 3 rings (SSSR count). The maximum atomic E-state index is 12.4. The van der Waals surface area contributed by atoms with Crippen molar-refractivity contribution in [3.8, 4) is 0 Å². The van der Waals surface area contributed by atoms with Crippen LogP contribution in [0.1, 0.15) is 5.76 Å². The monoisotopic (exact) mass is 343 g/mol. The summed E-state index contributed by atoms with van der Waals surface area (Å²) in [5, 5.41) is 3.51. The Hall–Kier alpha value is -2.26. The van der Waals surface area contributed by atoms with Crippen molar-refractivity contribution in [1.82, 2.24) is 9.72 Å². The molecule has 0 saturated carbocycles. The lowest BCUT2D eigenvalue weighted by Crippen LogP contribution is -2.13. The van der Waals surface area contributed by atoms with E-state index in [9.17, 15) is 13.2 Å². The lowest BCUT2D eigenvalue weighted by Gasteiger charge is -2.06. The van der Waals surface area contributed by atoms with Gasteiger partial charge in [0.05, 0.1) is 10.5 Å². The van der Waals surface area contributed by atoms with Crippen molar-refractivity contribution in [2.45, 2.75) is 11.8 Å². The summed E-state index contributed by atoms with van der Waals surface area (Å²) >= 11 is 6.02. The molecule has 0 spiro atoms. The first kappa shape index (κ1) is 14.7. The van der Waals surface area contributed by atoms with E-state index in [1.807, 2.05) is 0 Å². The summed E-state index contributed by atoms with van der Waals surface area (Å²) in [6, 6.07) is 3.96. The van der Waals surface area contributed by atoms with Gasteiger partial charge >= 0.3 is 5.76 Å². The van der Waals surface area contributed by atoms with Crippen LogP contribution in [-0.2, 0) is 17.1 Å². The minimum atomic E-state index is -4.00. The molecule has 0 saturated heterocycles. The van der Waals surface area contributed by atoms with Crippen molar-refractivity contribution < 1.29 is 17.4 Å². The number of nitrogens with one attached hydrogen (secondary N) is 1. The van der Waals surface area contributed by atoms with E-state index in [4.69, 9.17) is 20.5 Å². The van der Waals surface area contributed by atoms with Gasteiger partial charge in [0.15, 0.2) is 11.4 Å². The van der Waals surface area contributed by atoms with Crippen molar-refractivity contribution >= 4 is 38.5 Å². The largest absolute Gasteiger partial charge is 0.419 e. The Morgan fingerprint density at radius 2 is 2.05 bits per heavy atom. The molecule has 2 aromatic heterocycles. The molecule has 0 aliphatic rings. The van der Waals surface area contributed by atoms with Gasteiger partial charge in [0, 0.05) is 19.2 Å². The van der Waals surface area contributed by atoms with Crippen LogP contribution >= 0.6 is 11.6 Å². The molecular weight excluding hydrogens is 334 g/mol. The standard InChI is InChI=1S/C12H10ClN3O5S/c1-6-3-11(14-21-6)15-22(18,19)10-5-9-8(4-7(10)13)16(2)12(17)20-9/h3-5H,1-2H3,(H,14,15). The topological polar surface area (TPSA) is 107 Å². The van der Waals surface area contributed by atoms with E-state index in [2.05, 4.69) is 9.88 Å². The molecule has 2 heterocycles. The van der Waals surface area contributed by atoms with Crippen molar-refractivity contribution in [3.05, 3.63) is 39.5 Å². The molecule has 0 radical (unpaired) electrons. The number of sulfonamides is 1. The van der Waals surface area contributed by atoms with Crippen LogP contribution in [0.4, 0.5) is 5.82 Å². The quantitative estimate of drug-likeness (QED) is 0.778. The van der Waals surface area contributed by atoms with Crippen LogP contribution in [0.5, 0.6) is 0 Å². The fourth-order valence-corrected chi connectivity index (χ4v) is 3.46. The highest BCUT2D eigenvalue weighted by Crippen LogP contribution is 2.28. The van der Waals surface area contributed by atoms with Crippen LogP contribution in [0.2, 0.25) is 5.02 Å². The van der Waals surface area contributed by atoms with Gasteiger partial charge in [-0.15, -0.1) is 0 Å². The maximum absolute atomic E-state index is 12.4. The van der Waals surface area contributed by atoms with Crippen LogP contribution in [0.3, 0.4) is 0 Å². The second-order valence-electron chi connectivity index (χ2n) is 4.61. The maximum Gasteiger partial charge on any atom is 0.419 e. The highest BCUT2D eigenvalue weighted by atomic mass is 35.5. The fourth-order valence-electron chi connectivity index (χ4n) is 1.94. The lowest BCUT2D eigenvalue weighted by molar-refractivity contribution is 0.400. The molecule has 8 nitrogen and oxygen atoms in total. The second kappa shape index (κ2) is 4.89. The van der Waals surface area contributed by atoms with Crippen LogP contribution in [0.15, 0.2) is 36.8 Å². The summed E-state index contributed by atoms with van der Waals surface area (Å²) in [4.78, 5) is 11.2. The minimum Gasteiger partial charge on any atom is -0.408 e. The third-order valence-electron chi connectivity index (χ3n) is 3.00. The summed E-state index contributed by atoms with van der Waals surface area (Å²) in [5.74, 6) is -0.128. The number of aryl methyl sites for hydroxylation is 2. The zero-order valence-corrected chi connectivity index (χ0v) is 13.0. The molecule has 1 aromatic carbocycles. The van der Waals surface area contributed by atoms with Crippen LogP contribution in [0, 0.1) is 6.92 Å². The number of hydrogen-bond donors (Lipinski definition) is 1. The van der Waals surface area contributed by atoms with Gasteiger partial charge < -0.3 is 8.94 Å². The Bertz CT molecular complexity index is 1030. The van der Waals surface area contributed by atoms with Gasteiger partial charge in [-0.1, -0.05) is 16.8 Å². The molecule has 0 bridgehead atoms. The van der Waals surface area contributed by atoms with Gasteiger partial charge in [-0.2, -0.15) is 0 Å². The third kappa shape index (κ3) is 2.38. The first-order valence-electron chi connectivity index (χ1n) is 6.03. The Kier molecular flexibility index (Phi) is 3.26. The zero-order valence-electron chi connectivity index (χ0n) is 11.5. The fraction of sp³-hybridized carbons (Fsp3) is 0.167. The van der Waals surface area contributed by atoms with Crippen LogP contribution < -0.4 is 10.5 Å². The number of nitrogens with zero attached hydrogens (tertiary/aromatic N) is 2. The molecule has 0 amide bonds. The predicted molar refractivity (Wildman–Crippen MR) is 78.5 cm³/mol. The number of hydrogen-bond acceptors (Lipinski definition) is 6. The molecule has 3 aromatic rings. The van der Waals surface area contributed by atoms with E-state index in [0.717, 1.165) is 0 Å². The number of benzene rings is 1. The average Bonchev–Trinajstić information content (AvgIpc) is 2.94. The Morgan fingerprint density at radius 1 is 1.32 bits per heavy atom. The first-order chi connectivity index (χ1) is 10.3. The van der Waals surface area contributed by atoms with E-state index in [1.54, 1.807) is 6.92 Å². The van der Waals surface area contributed by atoms with E-state index in [0.29, 0.717) is 11.3 Å². The Labute approximate surface area is 129 Å². The average molecular weight is 344 g/mol. The number of halogens is 1. The molecule has 1 N–H and O–H groups in total. The highest BCUT2D eigenvalue weighted by molar-refractivity contribution is 7.92. The van der Waals surface area contributed by atoms with E-state index < -0.39 is 15.8 Å². The minimum absolute atomic E-state index is 0.0307. The second-order valence-corrected chi connectivity index (χ2v) is 6.66. The SMILES string of the molecule is Cc1cc(NS(=O)(=O)c2cc3oc(=O)n(C)c3cc2Cl)no1. The third-order valence-corrected chi connectivity index (χ3v) is 4.82. The summed E-state index contributed by atoms with van der Waals surface area (Å²) in [5.41, 5.74) is 0.514. The lowest BCUT2D eigenvalue weighted by atomic mass is 10.3. The van der Waals surface area contributed by atoms with Crippen molar-refractivity contribution in [3.63, 3.8) is 0 Å². The number of fused-ring (bicyclic) bond motifs is 1. The van der Waals surface area contributed by atoms with E-state index in [-0.39, 0.29) is 21.3 Å². The van der Waals surface area contributed by atoms with Crippen molar-refractivity contribution in [2.24, 2.45) is 7.05 Å². The van der Waals surface area contributed by atoms with Crippen LogP contribution in [-0.4, -0.2) is 18.1 Å². The van der Waals surface area contributed by atoms with E-state index in [1.165, 1.54) is 29.8 Å². The van der Waals surface area contributed by atoms with Gasteiger partial charge in [0.2, 0.25) is 0 Å². The van der Waals surface area contributed by atoms with Crippen molar-refractivity contribution in [1.29, 1.82) is 0 Å². The smallest absolute Gasteiger partial charge is 0.408 e. The molecule has 10 heteroatoms. The first-order valence-corrected chi connectivity index (χ1v) is 7.89. The normalized spacial score (nSPS) is 12.0. The van der Waals surface area contributed by atoms with E-state index >= 15 is 0 Å². The predicted octanol–water partition coefficient (Wildman–Crippen LogP) is 1.88. The molecule has 0 fully saturated rings. The summed E-state index contributed by atoms with van der Waals surface area (Å²) in [7, 11) is -2.51. The summed E-state index contributed by atoms with van der Waals surface area (Å²) in [6.07, 6.45) is 0. The van der Waals surface area contributed by atoms with Gasteiger partial charge in [0.1, 0.15) is 10.7 Å². The molecular formula is C12H10ClN3O5S. The zero-order chi connectivity index (χ0) is 16.1. The Morgan fingerprint density at radius 3 is 2.68 bits per heavy atom. The van der Waals surface area contributed by atoms with Gasteiger partial charge in [-0.3, -0.25) is 9.29 Å². The highest BCUT2D eigenvalue weighted by Gasteiger charge is 2.22.